The number of nitrogens with one attached hydrogen (secondary N) is 1. The minimum Gasteiger partial charge on any atom is -0.356 e. The molecule has 0 bridgehead atoms. The zero-order valence-electron chi connectivity index (χ0n) is 16.4. The molecular formula is C21H34N4O. The normalized spacial score (nSPS) is 16.4. The van der Waals surface area contributed by atoms with Crippen LogP contribution < -0.4 is 5.32 Å². The molecule has 1 heterocycles. The molecule has 1 fully saturated rings. The highest BCUT2D eigenvalue weighted by molar-refractivity contribution is 5.76. The third kappa shape index (κ3) is 8.61. The Morgan fingerprint density at radius 2 is 1.81 bits per heavy atom. The lowest BCUT2D eigenvalue weighted by Gasteiger charge is -2.34. The van der Waals surface area contributed by atoms with Crippen LogP contribution in [0.2, 0.25) is 0 Å². The SMILES string of the molecule is CN(C)CCCNC(=O)CCN1CCN(C/C=C/c2ccccc2)CC1. The van der Waals surface area contributed by atoms with Gasteiger partial charge in [0, 0.05) is 52.2 Å². The van der Waals surface area contributed by atoms with Gasteiger partial charge in [0.15, 0.2) is 0 Å². The third-order valence-electron chi connectivity index (χ3n) is 4.70. The topological polar surface area (TPSA) is 38.8 Å². The van der Waals surface area contributed by atoms with E-state index in [-0.39, 0.29) is 5.91 Å². The highest BCUT2D eigenvalue weighted by Gasteiger charge is 2.16. The van der Waals surface area contributed by atoms with E-state index in [4.69, 9.17) is 0 Å². The number of carbonyl (C=O) groups is 1. The largest absolute Gasteiger partial charge is 0.356 e. The van der Waals surface area contributed by atoms with Crippen LogP contribution in [-0.4, -0.2) is 87.1 Å². The van der Waals surface area contributed by atoms with E-state index in [1.807, 2.05) is 6.07 Å². The molecule has 5 heteroatoms. The van der Waals surface area contributed by atoms with Crippen molar-refractivity contribution in [2.75, 3.05) is 66.5 Å². The maximum atomic E-state index is 11.9. The molecule has 1 saturated heterocycles. The number of hydrogen-bond donors (Lipinski definition) is 1. The molecular weight excluding hydrogens is 324 g/mol. The van der Waals surface area contributed by atoms with Crippen LogP contribution in [-0.2, 0) is 4.79 Å². The van der Waals surface area contributed by atoms with Crippen molar-refractivity contribution in [3.63, 3.8) is 0 Å². The van der Waals surface area contributed by atoms with Gasteiger partial charge in [0.2, 0.25) is 5.91 Å². The summed E-state index contributed by atoms with van der Waals surface area (Å²) in [5, 5.41) is 3.02. The number of carbonyl (C=O) groups excluding carboxylic acids is 1. The second kappa shape index (κ2) is 11.8. The van der Waals surface area contributed by atoms with Crippen LogP contribution in [0.3, 0.4) is 0 Å². The summed E-state index contributed by atoms with van der Waals surface area (Å²) >= 11 is 0. The highest BCUT2D eigenvalue weighted by atomic mass is 16.1. The number of rotatable bonds is 10. The second-order valence-corrected chi connectivity index (χ2v) is 7.21. The fraction of sp³-hybridized carbons (Fsp3) is 0.571. The first-order valence-corrected chi connectivity index (χ1v) is 9.71. The molecule has 0 aromatic heterocycles. The van der Waals surface area contributed by atoms with Crippen molar-refractivity contribution in [2.24, 2.45) is 0 Å². The molecule has 1 N–H and O–H groups in total. The molecule has 5 nitrogen and oxygen atoms in total. The number of nitrogens with zero attached hydrogens (tertiary/aromatic N) is 3. The smallest absolute Gasteiger partial charge is 0.221 e. The van der Waals surface area contributed by atoms with E-state index in [1.54, 1.807) is 0 Å². The van der Waals surface area contributed by atoms with E-state index in [1.165, 1.54) is 5.56 Å². The summed E-state index contributed by atoms with van der Waals surface area (Å²) in [6, 6.07) is 10.4. The van der Waals surface area contributed by atoms with Gasteiger partial charge in [-0.3, -0.25) is 9.69 Å². The molecule has 0 atom stereocenters. The lowest BCUT2D eigenvalue weighted by molar-refractivity contribution is -0.121. The Hall–Kier alpha value is -1.69. The molecule has 0 aliphatic carbocycles. The average molecular weight is 359 g/mol. The molecule has 26 heavy (non-hydrogen) atoms. The van der Waals surface area contributed by atoms with Crippen LogP contribution in [0.25, 0.3) is 6.08 Å². The van der Waals surface area contributed by atoms with Crippen molar-refractivity contribution in [1.82, 2.24) is 20.0 Å². The van der Waals surface area contributed by atoms with Crippen LogP contribution in [0.5, 0.6) is 0 Å². The van der Waals surface area contributed by atoms with Crippen LogP contribution >= 0.6 is 0 Å². The molecule has 1 aromatic carbocycles. The predicted octanol–water partition coefficient (Wildman–Crippen LogP) is 1.78. The van der Waals surface area contributed by atoms with Gasteiger partial charge in [-0.05, 0) is 32.6 Å². The average Bonchev–Trinajstić information content (AvgIpc) is 2.65. The predicted molar refractivity (Wildman–Crippen MR) is 109 cm³/mol. The molecule has 0 spiro atoms. The Balaban J connectivity index is 1.54. The standard InChI is InChI=1S/C21H34N4O/c1-23(2)13-7-12-22-21(26)11-15-25-18-16-24(17-19-25)14-6-10-20-8-4-3-5-9-20/h3-6,8-10H,7,11-19H2,1-2H3,(H,22,26)/b10-6+. The molecule has 2 rings (SSSR count). The van der Waals surface area contributed by atoms with Gasteiger partial charge in [0.05, 0.1) is 0 Å². The van der Waals surface area contributed by atoms with Crippen LogP contribution in [0.1, 0.15) is 18.4 Å². The lowest BCUT2D eigenvalue weighted by atomic mass is 10.2. The summed E-state index contributed by atoms with van der Waals surface area (Å²) in [6.07, 6.45) is 6.04. The first kappa shape index (κ1) is 20.6. The van der Waals surface area contributed by atoms with Gasteiger partial charge in [-0.15, -0.1) is 0 Å². The van der Waals surface area contributed by atoms with Gasteiger partial charge in [-0.25, -0.2) is 0 Å². The summed E-state index contributed by atoms with van der Waals surface area (Å²) in [4.78, 5) is 18.9. The van der Waals surface area contributed by atoms with Gasteiger partial charge in [0.1, 0.15) is 0 Å². The Labute approximate surface area is 158 Å². The van der Waals surface area contributed by atoms with E-state index in [2.05, 4.69) is 70.5 Å². The van der Waals surface area contributed by atoms with Gasteiger partial charge < -0.3 is 15.1 Å². The monoisotopic (exact) mass is 358 g/mol. The maximum absolute atomic E-state index is 11.9. The van der Waals surface area contributed by atoms with E-state index in [0.717, 1.165) is 58.8 Å². The number of hydrogen-bond acceptors (Lipinski definition) is 4. The zero-order chi connectivity index (χ0) is 18.6. The van der Waals surface area contributed by atoms with Crippen LogP contribution in [0.15, 0.2) is 36.4 Å². The molecule has 1 aromatic rings. The molecule has 1 aliphatic rings. The van der Waals surface area contributed by atoms with E-state index in [9.17, 15) is 4.79 Å². The molecule has 0 unspecified atom stereocenters. The van der Waals surface area contributed by atoms with Crippen molar-refractivity contribution >= 4 is 12.0 Å². The van der Waals surface area contributed by atoms with E-state index in [0.29, 0.717) is 6.42 Å². The van der Waals surface area contributed by atoms with Crippen molar-refractivity contribution in [3.8, 4) is 0 Å². The van der Waals surface area contributed by atoms with Crippen molar-refractivity contribution in [2.45, 2.75) is 12.8 Å². The second-order valence-electron chi connectivity index (χ2n) is 7.21. The maximum Gasteiger partial charge on any atom is 0.221 e. The van der Waals surface area contributed by atoms with Crippen LogP contribution in [0, 0.1) is 0 Å². The van der Waals surface area contributed by atoms with Crippen molar-refractivity contribution in [3.05, 3.63) is 42.0 Å². The van der Waals surface area contributed by atoms with Gasteiger partial charge >= 0.3 is 0 Å². The summed E-state index contributed by atoms with van der Waals surface area (Å²) < 4.78 is 0. The summed E-state index contributed by atoms with van der Waals surface area (Å²) in [7, 11) is 4.11. The third-order valence-corrected chi connectivity index (χ3v) is 4.70. The first-order chi connectivity index (χ1) is 12.6. The Bertz CT molecular complexity index is 536. The number of piperazine rings is 1. The number of benzene rings is 1. The van der Waals surface area contributed by atoms with Gasteiger partial charge in [-0.2, -0.15) is 0 Å². The molecule has 1 aliphatic heterocycles. The Kier molecular flexibility index (Phi) is 9.39. The minimum absolute atomic E-state index is 0.178. The quantitative estimate of drug-likeness (QED) is 0.647. The molecule has 1 amide bonds. The summed E-state index contributed by atoms with van der Waals surface area (Å²) in [5.41, 5.74) is 1.25. The zero-order valence-corrected chi connectivity index (χ0v) is 16.4. The summed E-state index contributed by atoms with van der Waals surface area (Å²) in [6.45, 7) is 7.90. The Morgan fingerprint density at radius 1 is 1.12 bits per heavy atom. The Morgan fingerprint density at radius 3 is 2.50 bits per heavy atom. The van der Waals surface area contributed by atoms with E-state index >= 15 is 0 Å². The lowest BCUT2D eigenvalue weighted by Crippen LogP contribution is -2.47. The van der Waals surface area contributed by atoms with Crippen molar-refractivity contribution in [1.29, 1.82) is 0 Å². The highest BCUT2D eigenvalue weighted by Crippen LogP contribution is 2.05. The first-order valence-electron chi connectivity index (χ1n) is 9.71. The minimum atomic E-state index is 0.178. The molecule has 0 radical (unpaired) electrons. The van der Waals surface area contributed by atoms with Crippen LogP contribution in [0.4, 0.5) is 0 Å². The van der Waals surface area contributed by atoms with E-state index < -0.39 is 0 Å². The van der Waals surface area contributed by atoms with Gasteiger partial charge in [-0.1, -0.05) is 42.5 Å². The fourth-order valence-electron chi connectivity index (χ4n) is 3.07. The molecule has 0 saturated carbocycles. The summed E-state index contributed by atoms with van der Waals surface area (Å²) in [5.74, 6) is 0.178. The van der Waals surface area contributed by atoms with Crippen molar-refractivity contribution < 1.29 is 4.79 Å². The number of amides is 1. The molecule has 144 valence electrons. The fourth-order valence-corrected chi connectivity index (χ4v) is 3.07. The van der Waals surface area contributed by atoms with Gasteiger partial charge in [0.25, 0.3) is 0 Å².